The molecule has 1 aliphatic rings. The number of rotatable bonds is 8. The average molecular weight is 480 g/mol. The SMILES string of the molecule is Cc1ccc(Cl)cc1N(CC(=O)Nc1ccccc1C(=O)NC[C@H]1CCCO1)S(C)(=O)=O. The van der Waals surface area contributed by atoms with Crippen molar-refractivity contribution in [1.29, 1.82) is 0 Å². The van der Waals surface area contributed by atoms with E-state index >= 15 is 0 Å². The van der Waals surface area contributed by atoms with Gasteiger partial charge in [0, 0.05) is 18.2 Å². The van der Waals surface area contributed by atoms with Crippen molar-refractivity contribution in [3.63, 3.8) is 0 Å². The number of benzene rings is 2. The number of sulfonamides is 1. The van der Waals surface area contributed by atoms with Crippen LogP contribution < -0.4 is 14.9 Å². The highest BCUT2D eigenvalue weighted by atomic mass is 35.5. The maximum Gasteiger partial charge on any atom is 0.253 e. The van der Waals surface area contributed by atoms with Gasteiger partial charge in [0.25, 0.3) is 5.91 Å². The number of ether oxygens (including phenoxy) is 1. The summed E-state index contributed by atoms with van der Waals surface area (Å²) in [7, 11) is -3.77. The van der Waals surface area contributed by atoms with E-state index in [1.165, 1.54) is 6.07 Å². The third kappa shape index (κ3) is 6.21. The van der Waals surface area contributed by atoms with Crippen LogP contribution in [0.25, 0.3) is 0 Å². The lowest BCUT2D eigenvalue weighted by molar-refractivity contribution is -0.114. The van der Waals surface area contributed by atoms with Crippen LogP contribution in [-0.4, -0.2) is 52.3 Å². The third-order valence-corrected chi connectivity index (χ3v) is 6.45. The van der Waals surface area contributed by atoms with E-state index in [0.717, 1.165) is 23.4 Å². The monoisotopic (exact) mass is 479 g/mol. The standard InChI is InChI=1S/C22H26ClN3O5S/c1-15-9-10-16(23)12-20(15)26(32(2,29)30)14-21(27)25-19-8-4-3-7-18(19)22(28)24-13-17-6-5-11-31-17/h3-4,7-10,12,17H,5-6,11,13-14H2,1-2H3,(H,24,28)(H,25,27)/t17-/m1/s1. The summed E-state index contributed by atoms with van der Waals surface area (Å²) in [5.41, 5.74) is 1.54. The van der Waals surface area contributed by atoms with Crippen molar-refractivity contribution in [3.8, 4) is 0 Å². The van der Waals surface area contributed by atoms with Crippen molar-refractivity contribution in [2.24, 2.45) is 0 Å². The quantitative estimate of drug-likeness (QED) is 0.605. The number of hydrogen-bond donors (Lipinski definition) is 2. The molecule has 1 aliphatic heterocycles. The summed E-state index contributed by atoms with van der Waals surface area (Å²) in [4.78, 5) is 25.4. The van der Waals surface area contributed by atoms with Gasteiger partial charge in [-0.1, -0.05) is 29.8 Å². The van der Waals surface area contributed by atoms with Gasteiger partial charge in [-0.2, -0.15) is 0 Å². The number of nitrogens with one attached hydrogen (secondary N) is 2. The largest absolute Gasteiger partial charge is 0.376 e. The number of halogens is 1. The van der Waals surface area contributed by atoms with Crippen LogP contribution >= 0.6 is 11.6 Å². The van der Waals surface area contributed by atoms with E-state index in [0.29, 0.717) is 35.1 Å². The predicted molar refractivity (Wildman–Crippen MR) is 125 cm³/mol. The van der Waals surface area contributed by atoms with E-state index in [1.54, 1.807) is 43.3 Å². The van der Waals surface area contributed by atoms with Gasteiger partial charge in [-0.25, -0.2) is 8.42 Å². The van der Waals surface area contributed by atoms with Crippen LogP contribution in [0.1, 0.15) is 28.8 Å². The Balaban J connectivity index is 1.74. The first-order valence-corrected chi connectivity index (χ1v) is 12.4. The number of carbonyl (C=O) groups excluding carboxylic acids is 2. The molecule has 2 N–H and O–H groups in total. The Morgan fingerprint density at radius 3 is 2.66 bits per heavy atom. The second kappa shape index (κ2) is 10.3. The van der Waals surface area contributed by atoms with Gasteiger partial charge in [-0.15, -0.1) is 0 Å². The first-order valence-electron chi connectivity index (χ1n) is 10.2. The molecule has 0 bridgehead atoms. The van der Waals surface area contributed by atoms with Crippen molar-refractivity contribution in [2.45, 2.75) is 25.9 Å². The van der Waals surface area contributed by atoms with Crippen LogP contribution in [0.5, 0.6) is 0 Å². The van der Waals surface area contributed by atoms with Crippen molar-refractivity contribution in [3.05, 3.63) is 58.6 Å². The number of aryl methyl sites for hydroxylation is 1. The molecule has 1 atom stereocenters. The number of hydrogen-bond acceptors (Lipinski definition) is 5. The summed E-state index contributed by atoms with van der Waals surface area (Å²) < 4.78 is 31.3. The lowest BCUT2D eigenvalue weighted by atomic mass is 10.1. The summed E-state index contributed by atoms with van der Waals surface area (Å²) in [6.07, 6.45) is 2.87. The molecular formula is C22H26ClN3O5S. The third-order valence-electron chi connectivity index (χ3n) is 5.09. The molecule has 1 fully saturated rings. The Morgan fingerprint density at radius 2 is 1.97 bits per heavy atom. The van der Waals surface area contributed by atoms with Gasteiger partial charge < -0.3 is 15.4 Å². The van der Waals surface area contributed by atoms with E-state index in [9.17, 15) is 18.0 Å². The summed E-state index contributed by atoms with van der Waals surface area (Å²) >= 11 is 6.03. The maximum absolute atomic E-state index is 12.8. The van der Waals surface area contributed by atoms with Gasteiger partial charge in [0.05, 0.1) is 29.3 Å². The zero-order valence-electron chi connectivity index (χ0n) is 17.9. The van der Waals surface area contributed by atoms with Gasteiger partial charge in [-0.05, 0) is 49.6 Å². The Hall–Kier alpha value is -2.62. The van der Waals surface area contributed by atoms with E-state index in [-0.39, 0.29) is 17.6 Å². The van der Waals surface area contributed by atoms with Gasteiger partial charge in [0.2, 0.25) is 15.9 Å². The average Bonchev–Trinajstić information content (AvgIpc) is 3.25. The zero-order chi connectivity index (χ0) is 23.3. The minimum absolute atomic E-state index is 0.00930. The first kappa shape index (κ1) is 24.0. The van der Waals surface area contributed by atoms with Crippen LogP contribution in [0, 0.1) is 6.92 Å². The highest BCUT2D eigenvalue weighted by molar-refractivity contribution is 7.92. The summed E-state index contributed by atoms with van der Waals surface area (Å²) in [5.74, 6) is -0.934. The predicted octanol–water partition coefficient (Wildman–Crippen LogP) is 2.96. The Morgan fingerprint density at radius 1 is 1.22 bits per heavy atom. The topological polar surface area (TPSA) is 105 Å². The highest BCUT2D eigenvalue weighted by Crippen LogP contribution is 2.26. The molecular weight excluding hydrogens is 454 g/mol. The molecule has 3 rings (SSSR count). The van der Waals surface area contributed by atoms with Crippen molar-refractivity contribution in [1.82, 2.24) is 5.32 Å². The van der Waals surface area contributed by atoms with E-state index in [1.807, 2.05) is 0 Å². The molecule has 0 spiro atoms. The number of para-hydroxylation sites is 1. The van der Waals surface area contributed by atoms with E-state index in [2.05, 4.69) is 10.6 Å². The second-order valence-corrected chi connectivity index (χ2v) is 9.98. The lowest BCUT2D eigenvalue weighted by Crippen LogP contribution is -2.38. The number of anilines is 2. The van der Waals surface area contributed by atoms with Crippen LogP contribution in [0.2, 0.25) is 5.02 Å². The first-order chi connectivity index (χ1) is 15.1. The molecule has 0 radical (unpaired) electrons. The molecule has 32 heavy (non-hydrogen) atoms. The smallest absolute Gasteiger partial charge is 0.253 e. The van der Waals surface area contributed by atoms with Crippen molar-refractivity contribution in [2.75, 3.05) is 35.6 Å². The van der Waals surface area contributed by atoms with Crippen LogP contribution in [-0.2, 0) is 19.6 Å². The van der Waals surface area contributed by atoms with Gasteiger partial charge >= 0.3 is 0 Å². The number of carbonyl (C=O) groups is 2. The molecule has 0 unspecified atom stereocenters. The fraction of sp³-hybridized carbons (Fsp3) is 0.364. The second-order valence-electron chi connectivity index (χ2n) is 7.64. The van der Waals surface area contributed by atoms with Gasteiger partial charge in [0.1, 0.15) is 6.54 Å². The fourth-order valence-electron chi connectivity index (χ4n) is 3.45. The number of nitrogens with zero attached hydrogens (tertiary/aromatic N) is 1. The van der Waals surface area contributed by atoms with Crippen molar-refractivity contribution < 1.29 is 22.7 Å². The lowest BCUT2D eigenvalue weighted by Gasteiger charge is -2.24. The van der Waals surface area contributed by atoms with Crippen LogP contribution in [0.3, 0.4) is 0 Å². The molecule has 0 aromatic heterocycles. The summed E-state index contributed by atoms with van der Waals surface area (Å²) in [6, 6.07) is 11.4. The summed E-state index contributed by atoms with van der Waals surface area (Å²) in [5, 5.41) is 5.83. The minimum Gasteiger partial charge on any atom is -0.376 e. The molecule has 1 saturated heterocycles. The summed E-state index contributed by atoms with van der Waals surface area (Å²) in [6.45, 7) is 2.34. The molecule has 2 aromatic carbocycles. The Labute approximate surface area is 192 Å². The van der Waals surface area contributed by atoms with Gasteiger partial charge in [-0.3, -0.25) is 13.9 Å². The minimum atomic E-state index is -3.77. The van der Waals surface area contributed by atoms with E-state index in [4.69, 9.17) is 16.3 Å². The highest BCUT2D eigenvalue weighted by Gasteiger charge is 2.24. The van der Waals surface area contributed by atoms with Crippen molar-refractivity contribution >= 4 is 44.8 Å². The normalized spacial score (nSPS) is 15.9. The Bertz CT molecular complexity index is 1100. The number of amides is 2. The molecule has 172 valence electrons. The molecule has 10 heteroatoms. The van der Waals surface area contributed by atoms with Gasteiger partial charge in [0.15, 0.2) is 0 Å². The fourth-order valence-corrected chi connectivity index (χ4v) is 4.52. The van der Waals surface area contributed by atoms with E-state index < -0.39 is 22.5 Å². The maximum atomic E-state index is 12.8. The molecule has 8 nitrogen and oxygen atoms in total. The Kier molecular flexibility index (Phi) is 7.76. The molecule has 2 amide bonds. The molecule has 2 aromatic rings. The van der Waals surface area contributed by atoms with Crippen LogP contribution in [0.15, 0.2) is 42.5 Å². The zero-order valence-corrected chi connectivity index (χ0v) is 19.5. The van der Waals surface area contributed by atoms with Crippen LogP contribution in [0.4, 0.5) is 11.4 Å². The molecule has 0 aliphatic carbocycles. The molecule has 0 saturated carbocycles. The molecule has 1 heterocycles.